The van der Waals surface area contributed by atoms with Crippen molar-refractivity contribution in [2.24, 2.45) is 7.05 Å². The van der Waals surface area contributed by atoms with E-state index < -0.39 is 0 Å². The van der Waals surface area contributed by atoms with Gasteiger partial charge in [0.1, 0.15) is 11.4 Å². The number of anilines is 2. The Kier molecular flexibility index (Phi) is 8.86. The minimum absolute atomic E-state index is 0.234. The number of aromatic nitrogens is 3. The van der Waals surface area contributed by atoms with Gasteiger partial charge < -0.3 is 34.9 Å². The fourth-order valence-electron chi connectivity index (χ4n) is 5.65. The van der Waals surface area contributed by atoms with Crippen LogP contribution < -0.4 is 20.7 Å². The molecule has 0 unspecified atom stereocenters. The van der Waals surface area contributed by atoms with E-state index in [2.05, 4.69) is 30.8 Å². The number of carbonyl (C=O) groups excluding carboxylic acids is 2. The Morgan fingerprint density at radius 1 is 1.07 bits per heavy atom. The lowest BCUT2D eigenvalue weighted by Crippen LogP contribution is -2.45. The standard InChI is InChI=1S/C33H36ClN7O4/c1-19-22(7-5-9-24(19)38-32(42)26-13-29(44-4)20(15-36-26)14-35-21-17-45-18-21)23-8-6-10-25(30(23)34)39-33(43)31-37-27-16-40(2)12-11-28(27)41(31)3/h5-10,13,15,21,35H,11-12,14,16-18H2,1-4H3,(H,38,42)(H,39,43). The van der Waals surface area contributed by atoms with Crippen molar-refractivity contribution in [3.63, 3.8) is 0 Å². The fourth-order valence-corrected chi connectivity index (χ4v) is 5.92. The van der Waals surface area contributed by atoms with Gasteiger partial charge in [-0.1, -0.05) is 35.9 Å². The Bertz CT molecular complexity index is 1770. The van der Waals surface area contributed by atoms with Crippen molar-refractivity contribution in [1.82, 2.24) is 24.8 Å². The first-order valence-electron chi connectivity index (χ1n) is 14.8. The highest BCUT2D eigenvalue weighted by Crippen LogP contribution is 2.37. The molecule has 1 fully saturated rings. The first-order chi connectivity index (χ1) is 21.7. The van der Waals surface area contributed by atoms with Gasteiger partial charge in [0.15, 0.2) is 5.82 Å². The molecule has 12 heteroatoms. The number of imidazole rings is 1. The predicted octanol–water partition coefficient (Wildman–Crippen LogP) is 4.43. The minimum Gasteiger partial charge on any atom is -0.496 e. The minimum atomic E-state index is -0.364. The van der Waals surface area contributed by atoms with E-state index in [-0.39, 0.29) is 17.5 Å². The van der Waals surface area contributed by atoms with Crippen molar-refractivity contribution in [2.75, 3.05) is 44.5 Å². The van der Waals surface area contributed by atoms with Crippen molar-refractivity contribution in [2.45, 2.75) is 32.5 Å². The van der Waals surface area contributed by atoms with Gasteiger partial charge in [-0.15, -0.1) is 0 Å². The summed E-state index contributed by atoms with van der Waals surface area (Å²) in [5, 5.41) is 9.71. The number of nitrogens with zero attached hydrogens (tertiary/aromatic N) is 4. The molecule has 11 nitrogen and oxygen atoms in total. The van der Waals surface area contributed by atoms with Crippen LogP contribution in [0.4, 0.5) is 11.4 Å². The molecule has 2 aromatic carbocycles. The van der Waals surface area contributed by atoms with E-state index in [1.165, 1.54) is 0 Å². The molecule has 2 aliphatic heterocycles. The van der Waals surface area contributed by atoms with Crippen LogP contribution in [0.2, 0.25) is 5.02 Å². The van der Waals surface area contributed by atoms with Crippen molar-refractivity contribution in [3.8, 4) is 16.9 Å². The molecule has 2 amide bonds. The third-order valence-electron chi connectivity index (χ3n) is 8.38. The summed E-state index contributed by atoms with van der Waals surface area (Å²) in [6.07, 6.45) is 2.50. The van der Waals surface area contributed by atoms with Crippen LogP contribution in [-0.4, -0.2) is 71.2 Å². The zero-order chi connectivity index (χ0) is 31.7. The van der Waals surface area contributed by atoms with E-state index in [0.717, 1.165) is 46.6 Å². The smallest absolute Gasteiger partial charge is 0.291 e. The monoisotopic (exact) mass is 629 g/mol. The highest BCUT2D eigenvalue weighted by atomic mass is 35.5. The summed E-state index contributed by atoms with van der Waals surface area (Å²) in [5.74, 6) is 0.238. The fraction of sp³-hybridized carbons (Fsp3) is 0.333. The van der Waals surface area contributed by atoms with Crippen LogP contribution in [0.5, 0.6) is 5.75 Å². The molecular weight excluding hydrogens is 594 g/mol. The maximum atomic E-state index is 13.3. The van der Waals surface area contributed by atoms with Gasteiger partial charge >= 0.3 is 0 Å². The number of ether oxygens (including phenoxy) is 2. The molecule has 0 saturated carbocycles. The number of hydrogen-bond donors (Lipinski definition) is 3. The van der Waals surface area contributed by atoms with Crippen molar-refractivity contribution < 1.29 is 19.1 Å². The Hall–Kier alpha value is -4.29. The van der Waals surface area contributed by atoms with Crippen LogP contribution >= 0.6 is 11.6 Å². The molecule has 0 spiro atoms. The number of likely N-dealkylation sites (N-methyl/N-ethyl adjacent to an activating group) is 1. The molecule has 4 heterocycles. The van der Waals surface area contributed by atoms with Crippen LogP contribution in [0.25, 0.3) is 11.1 Å². The van der Waals surface area contributed by atoms with Gasteiger partial charge in [0.2, 0.25) is 0 Å². The third-order valence-corrected chi connectivity index (χ3v) is 8.79. The van der Waals surface area contributed by atoms with Gasteiger partial charge in [-0.05, 0) is 37.2 Å². The SMILES string of the molecule is COc1cc(C(=O)Nc2cccc(-c3cccc(NC(=O)c4nc5c(n4C)CCN(C)C5)c3Cl)c2C)ncc1CNC1COC1. The van der Waals surface area contributed by atoms with E-state index in [9.17, 15) is 9.59 Å². The van der Waals surface area contributed by atoms with Gasteiger partial charge in [0.05, 0.1) is 42.8 Å². The molecule has 0 bridgehead atoms. The molecule has 45 heavy (non-hydrogen) atoms. The van der Waals surface area contributed by atoms with Crippen LogP contribution in [0.1, 0.15) is 43.6 Å². The largest absolute Gasteiger partial charge is 0.496 e. The molecule has 2 aliphatic rings. The number of methoxy groups -OCH3 is 1. The van der Waals surface area contributed by atoms with Crippen LogP contribution in [-0.2, 0) is 31.3 Å². The summed E-state index contributed by atoms with van der Waals surface area (Å²) in [6, 6.07) is 13.0. The molecule has 2 aromatic heterocycles. The second-order valence-electron chi connectivity index (χ2n) is 11.4. The van der Waals surface area contributed by atoms with Crippen molar-refractivity contribution in [1.29, 1.82) is 0 Å². The summed E-state index contributed by atoms with van der Waals surface area (Å²) >= 11 is 6.90. The number of fused-ring (bicyclic) bond motifs is 1. The maximum Gasteiger partial charge on any atom is 0.291 e. The number of hydrogen-bond acceptors (Lipinski definition) is 8. The molecule has 0 radical (unpaired) electrons. The molecule has 6 rings (SSSR count). The Labute approximate surface area is 266 Å². The second kappa shape index (κ2) is 13.0. The van der Waals surface area contributed by atoms with E-state index in [1.54, 1.807) is 25.4 Å². The number of benzene rings is 2. The predicted molar refractivity (Wildman–Crippen MR) is 173 cm³/mol. The zero-order valence-electron chi connectivity index (χ0n) is 25.7. The summed E-state index contributed by atoms with van der Waals surface area (Å²) in [5.41, 5.74) is 6.53. The van der Waals surface area contributed by atoms with Gasteiger partial charge in [0.25, 0.3) is 11.8 Å². The Morgan fingerprint density at radius 2 is 1.80 bits per heavy atom. The molecule has 234 valence electrons. The van der Waals surface area contributed by atoms with Crippen LogP contribution in [0, 0.1) is 6.92 Å². The lowest BCUT2D eigenvalue weighted by atomic mass is 9.98. The van der Waals surface area contributed by atoms with E-state index in [4.69, 9.17) is 21.1 Å². The topological polar surface area (TPSA) is 123 Å². The van der Waals surface area contributed by atoms with E-state index in [1.807, 2.05) is 55.9 Å². The Morgan fingerprint density at radius 3 is 2.53 bits per heavy atom. The first kappa shape index (κ1) is 30.7. The quantitative estimate of drug-likeness (QED) is 0.249. The number of halogens is 1. The summed E-state index contributed by atoms with van der Waals surface area (Å²) in [4.78, 5) is 37.8. The molecule has 0 aliphatic carbocycles. The third kappa shape index (κ3) is 6.30. The highest BCUT2D eigenvalue weighted by Gasteiger charge is 2.25. The summed E-state index contributed by atoms with van der Waals surface area (Å²) in [7, 11) is 5.49. The molecule has 4 aromatic rings. The average Bonchev–Trinajstić information content (AvgIpc) is 3.33. The number of carbonyl (C=O) groups is 2. The lowest BCUT2D eigenvalue weighted by Gasteiger charge is -2.27. The van der Waals surface area contributed by atoms with Gasteiger partial charge in [0, 0.05) is 67.9 Å². The van der Waals surface area contributed by atoms with Crippen molar-refractivity contribution >= 4 is 34.8 Å². The molecular formula is C33H36ClN7O4. The number of amides is 2. The highest BCUT2D eigenvalue weighted by molar-refractivity contribution is 6.36. The molecule has 0 atom stereocenters. The lowest BCUT2D eigenvalue weighted by molar-refractivity contribution is -0.00586. The number of pyridine rings is 1. The molecule has 1 saturated heterocycles. The van der Waals surface area contributed by atoms with Crippen molar-refractivity contribution in [3.05, 3.63) is 87.7 Å². The van der Waals surface area contributed by atoms with Gasteiger partial charge in [-0.2, -0.15) is 0 Å². The molecule has 3 N–H and O–H groups in total. The maximum absolute atomic E-state index is 13.3. The number of nitrogens with one attached hydrogen (secondary N) is 3. The van der Waals surface area contributed by atoms with Gasteiger partial charge in [-0.25, -0.2) is 4.98 Å². The van der Waals surface area contributed by atoms with Gasteiger partial charge in [-0.3, -0.25) is 14.6 Å². The first-order valence-corrected chi connectivity index (χ1v) is 15.2. The average molecular weight is 630 g/mol. The number of rotatable bonds is 9. The Balaban J connectivity index is 1.19. The second-order valence-corrected chi connectivity index (χ2v) is 11.8. The van der Waals surface area contributed by atoms with Crippen LogP contribution in [0.3, 0.4) is 0 Å². The zero-order valence-corrected chi connectivity index (χ0v) is 26.5. The summed E-state index contributed by atoms with van der Waals surface area (Å²) in [6.45, 7) is 5.48. The van der Waals surface area contributed by atoms with E-state index in [0.29, 0.717) is 60.3 Å². The van der Waals surface area contributed by atoms with E-state index >= 15 is 0 Å². The summed E-state index contributed by atoms with van der Waals surface area (Å²) < 4.78 is 12.6. The normalized spacial score (nSPS) is 14.9. The van der Waals surface area contributed by atoms with Crippen LogP contribution in [0.15, 0.2) is 48.7 Å².